The second-order valence-corrected chi connectivity index (χ2v) is 4.76. The van der Waals surface area contributed by atoms with Gasteiger partial charge < -0.3 is 29.2 Å². The third-order valence-corrected chi connectivity index (χ3v) is 3.11. The minimum atomic E-state index is -1.13. The fourth-order valence-corrected chi connectivity index (χ4v) is 2.11. The van der Waals surface area contributed by atoms with E-state index in [2.05, 4.69) is 0 Å². The zero-order valence-electron chi connectivity index (χ0n) is 13.5. The molecule has 0 radical (unpaired) electrons. The van der Waals surface area contributed by atoms with Gasteiger partial charge in [0.2, 0.25) is 0 Å². The summed E-state index contributed by atoms with van der Waals surface area (Å²) in [5.41, 5.74) is 0. The predicted molar refractivity (Wildman–Crippen MR) is 75.2 cm³/mol. The highest BCUT2D eigenvalue weighted by atomic mass is 16.7. The van der Waals surface area contributed by atoms with Crippen molar-refractivity contribution in [3.63, 3.8) is 0 Å². The fraction of sp³-hybridized carbons (Fsp3) is 0.923. The molecule has 1 aliphatic rings. The maximum Gasteiger partial charge on any atom is 0.328 e. The summed E-state index contributed by atoms with van der Waals surface area (Å²) in [6.07, 6.45) is -3.72. The van der Waals surface area contributed by atoms with Crippen LogP contribution in [-0.2, 0) is 18.9 Å². The lowest BCUT2D eigenvalue weighted by Gasteiger charge is -2.30. The quantitative estimate of drug-likeness (QED) is 0.549. The second-order valence-electron chi connectivity index (χ2n) is 4.76. The van der Waals surface area contributed by atoms with Crippen molar-refractivity contribution in [3.8, 4) is 0 Å². The Hall–Kier alpha value is -0.970. The second kappa shape index (κ2) is 9.23. The van der Waals surface area contributed by atoms with Crippen LogP contribution in [0.1, 0.15) is 27.2 Å². The highest BCUT2D eigenvalue weighted by Crippen LogP contribution is 2.28. The van der Waals surface area contributed by atoms with Crippen molar-refractivity contribution in [3.05, 3.63) is 0 Å². The standard InChI is InChI=1S/C13H26N2O7/c1-5-10(17)15-12(22-9(3)16)11(21-8-19-4)14(13(15)18)7-20-6-2/h9-12,16-17H,5-8H2,1-4H3. The first kappa shape index (κ1) is 19.1. The molecule has 0 spiro atoms. The maximum absolute atomic E-state index is 12.5. The van der Waals surface area contributed by atoms with Gasteiger partial charge in [-0.1, -0.05) is 6.92 Å². The van der Waals surface area contributed by atoms with E-state index in [9.17, 15) is 15.0 Å². The lowest BCUT2D eigenvalue weighted by Crippen LogP contribution is -2.47. The van der Waals surface area contributed by atoms with Crippen LogP contribution in [0.25, 0.3) is 0 Å². The molecule has 1 aliphatic heterocycles. The number of aliphatic hydroxyl groups is 2. The molecule has 4 atom stereocenters. The van der Waals surface area contributed by atoms with Crippen molar-refractivity contribution in [2.45, 2.75) is 52.2 Å². The molecule has 22 heavy (non-hydrogen) atoms. The van der Waals surface area contributed by atoms with Crippen molar-refractivity contribution in [2.75, 3.05) is 27.2 Å². The Bertz CT molecular complexity index is 342. The van der Waals surface area contributed by atoms with E-state index < -0.39 is 31.0 Å². The van der Waals surface area contributed by atoms with E-state index in [1.165, 1.54) is 18.9 Å². The summed E-state index contributed by atoms with van der Waals surface area (Å²) < 4.78 is 21.0. The normalized spacial score (nSPS) is 24.9. The Labute approximate surface area is 130 Å². The van der Waals surface area contributed by atoms with Crippen molar-refractivity contribution in [1.82, 2.24) is 9.80 Å². The van der Waals surface area contributed by atoms with Gasteiger partial charge in [0.1, 0.15) is 19.8 Å². The Balaban J connectivity index is 3.01. The minimum absolute atomic E-state index is 0.0175. The van der Waals surface area contributed by atoms with Gasteiger partial charge in [0.15, 0.2) is 18.7 Å². The average Bonchev–Trinajstić information content (AvgIpc) is 2.73. The van der Waals surface area contributed by atoms with Gasteiger partial charge in [-0.05, 0) is 20.3 Å². The SMILES string of the molecule is CCOCN1C(=O)N(C(O)CC)C(OC(C)O)C1OCOC. The number of urea groups is 1. The van der Waals surface area contributed by atoms with Crippen LogP contribution in [0.15, 0.2) is 0 Å². The number of hydrogen-bond donors (Lipinski definition) is 2. The van der Waals surface area contributed by atoms with E-state index in [0.29, 0.717) is 13.0 Å². The summed E-state index contributed by atoms with van der Waals surface area (Å²) in [4.78, 5) is 14.9. The Morgan fingerprint density at radius 1 is 1.27 bits per heavy atom. The molecule has 0 aromatic carbocycles. The highest BCUT2D eigenvalue weighted by molar-refractivity contribution is 5.77. The van der Waals surface area contributed by atoms with Crippen molar-refractivity contribution < 1.29 is 34.0 Å². The zero-order valence-corrected chi connectivity index (χ0v) is 13.5. The topological polar surface area (TPSA) is 101 Å². The lowest BCUT2D eigenvalue weighted by atomic mass is 10.3. The first-order chi connectivity index (χ1) is 10.5. The van der Waals surface area contributed by atoms with Gasteiger partial charge in [-0.25, -0.2) is 4.79 Å². The van der Waals surface area contributed by atoms with Crippen LogP contribution in [0.2, 0.25) is 0 Å². The van der Waals surface area contributed by atoms with Gasteiger partial charge in [-0.3, -0.25) is 9.80 Å². The van der Waals surface area contributed by atoms with Crippen LogP contribution in [0.4, 0.5) is 4.79 Å². The number of nitrogens with zero attached hydrogens (tertiary/aromatic N) is 2. The van der Waals surface area contributed by atoms with Crippen LogP contribution in [0.5, 0.6) is 0 Å². The first-order valence-electron chi connectivity index (χ1n) is 7.26. The van der Waals surface area contributed by atoms with Crippen LogP contribution >= 0.6 is 0 Å². The van der Waals surface area contributed by atoms with Crippen molar-refractivity contribution in [2.24, 2.45) is 0 Å². The number of hydrogen-bond acceptors (Lipinski definition) is 7. The predicted octanol–water partition coefficient (Wildman–Crippen LogP) is 0.0740. The molecule has 9 heteroatoms. The lowest BCUT2D eigenvalue weighted by molar-refractivity contribution is -0.239. The van der Waals surface area contributed by atoms with Crippen LogP contribution in [-0.4, -0.2) is 78.3 Å². The molecule has 1 heterocycles. The van der Waals surface area contributed by atoms with Gasteiger partial charge in [0.05, 0.1) is 0 Å². The smallest absolute Gasteiger partial charge is 0.328 e. The summed E-state index contributed by atoms with van der Waals surface area (Å²) >= 11 is 0. The molecule has 0 aromatic rings. The number of rotatable bonds is 10. The third kappa shape index (κ3) is 4.51. The van der Waals surface area contributed by atoms with E-state index >= 15 is 0 Å². The molecule has 0 bridgehead atoms. The van der Waals surface area contributed by atoms with Gasteiger partial charge in [-0.2, -0.15) is 0 Å². The Morgan fingerprint density at radius 2 is 1.95 bits per heavy atom. The van der Waals surface area contributed by atoms with Crippen molar-refractivity contribution >= 4 is 6.03 Å². The number of aliphatic hydroxyl groups excluding tert-OH is 2. The monoisotopic (exact) mass is 322 g/mol. The molecule has 2 amide bonds. The van der Waals surface area contributed by atoms with E-state index in [0.717, 1.165) is 4.90 Å². The molecule has 1 rings (SSSR count). The Kier molecular flexibility index (Phi) is 8.01. The summed E-state index contributed by atoms with van der Waals surface area (Å²) in [6, 6.07) is -0.491. The Morgan fingerprint density at radius 3 is 2.45 bits per heavy atom. The summed E-state index contributed by atoms with van der Waals surface area (Å²) in [7, 11) is 1.45. The largest absolute Gasteiger partial charge is 0.373 e. The van der Waals surface area contributed by atoms with Gasteiger partial charge >= 0.3 is 6.03 Å². The van der Waals surface area contributed by atoms with E-state index in [-0.39, 0.29) is 13.5 Å². The molecular formula is C13H26N2O7. The molecule has 0 aliphatic carbocycles. The third-order valence-electron chi connectivity index (χ3n) is 3.11. The maximum atomic E-state index is 12.5. The summed E-state index contributed by atoms with van der Waals surface area (Å²) in [5, 5.41) is 19.6. The molecule has 130 valence electrons. The number of carbonyl (C=O) groups is 1. The summed E-state index contributed by atoms with van der Waals surface area (Å²) in [5.74, 6) is 0. The molecule has 9 nitrogen and oxygen atoms in total. The summed E-state index contributed by atoms with van der Waals surface area (Å²) in [6.45, 7) is 5.27. The molecule has 1 saturated heterocycles. The van der Waals surface area contributed by atoms with Crippen LogP contribution in [0.3, 0.4) is 0 Å². The molecule has 0 aromatic heterocycles. The minimum Gasteiger partial charge on any atom is -0.373 e. The van der Waals surface area contributed by atoms with Crippen LogP contribution < -0.4 is 0 Å². The highest BCUT2D eigenvalue weighted by Gasteiger charge is 2.50. The number of methoxy groups -OCH3 is 1. The average molecular weight is 322 g/mol. The molecule has 0 saturated carbocycles. The van der Waals surface area contributed by atoms with E-state index in [4.69, 9.17) is 18.9 Å². The zero-order chi connectivity index (χ0) is 16.7. The molecule has 4 unspecified atom stereocenters. The molecule has 1 fully saturated rings. The van der Waals surface area contributed by atoms with Gasteiger partial charge in [0.25, 0.3) is 0 Å². The molecule has 2 N–H and O–H groups in total. The number of amides is 2. The number of carbonyl (C=O) groups excluding carboxylic acids is 1. The first-order valence-corrected chi connectivity index (χ1v) is 7.26. The number of ether oxygens (including phenoxy) is 4. The van der Waals surface area contributed by atoms with E-state index in [1.54, 1.807) is 13.8 Å². The van der Waals surface area contributed by atoms with Gasteiger partial charge in [0, 0.05) is 13.7 Å². The fourth-order valence-electron chi connectivity index (χ4n) is 2.11. The van der Waals surface area contributed by atoms with Crippen molar-refractivity contribution in [1.29, 1.82) is 0 Å². The van der Waals surface area contributed by atoms with Crippen LogP contribution in [0, 0.1) is 0 Å². The van der Waals surface area contributed by atoms with E-state index in [1.807, 2.05) is 0 Å². The van der Waals surface area contributed by atoms with Gasteiger partial charge in [-0.15, -0.1) is 0 Å². The molecular weight excluding hydrogens is 296 g/mol.